The molecule has 0 aliphatic rings. The van der Waals surface area contributed by atoms with Crippen LogP contribution in [0.2, 0.25) is 0 Å². The number of rotatable bonds is 2. The molecule has 0 saturated carbocycles. The minimum absolute atomic E-state index is 0.181. The smallest absolute Gasteiger partial charge is 0.256 e. The molecule has 2 rings (SSSR count). The Morgan fingerprint density at radius 2 is 1.84 bits per heavy atom. The molecule has 2 nitrogen and oxygen atoms in total. The van der Waals surface area contributed by atoms with Gasteiger partial charge in [0.15, 0.2) is 11.6 Å². The quantitative estimate of drug-likeness (QED) is 0.783. The molecule has 0 aliphatic carbocycles. The van der Waals surface area contributed by atoms with Gasteiger partial charge in [-0.25, -0.2) is 8.78 Å². The van der Waals surface area contributed by atoms with Gasteiger partial charge in [-0.3, -0.25) is 4.79 Å². The van der Waals surface area contributed by atoms with E-state index in [9.17, 15) is 13.6 Å². The Kier molecular flexibility index (Phi) is 4.21. The molecular weight excluding hydrogens is 336 g/mol. The molecule has 0 atom stereocenters. The Morgan fingerprint density at radius 1 is 1.11 bits per heavy atom. The SMILES string of the molecule is O=C(Nc1ccc(F)c(F)c1)c1cc(S)ccc1Br. The van der Waals surface area contributed by atoms with Gasteiger partial charge in [0.05, 0.1) is 5.56 Å². The molecule has 0 spiro atoms. The fourth-order valence-electron chi connectivity index (χ4n) is 1.46. The van der Waals surface area contributed by atoms with E-state index < -0.39 is 17.5 Å². The molecule has 1 amide bonds. The fourth-order valence-corrected chi connectivity index (χ4v) is 2.09. The summed E-state index contributed by atoms with van der Waals surface area (Å²) in [5.41, 5.74) is 0.539. The summed E-state index contributed by atoms with van der Waals surface area (Å²) in [6.45, 7) is 0. The summed E-state index contributed by atoms with van der Waals surface area (Å²) in [4.78, 5) is 12.6. The lowest BCUT2D eigenvalue weighted by atomic mass is 10.2. The van der Waals surface area contributed by atoms with E-state index in [1.54, 1.807) is 18.2 Å². The maximum Gasteiger partial charge on any atom is 0.256 e. The Labute approximate surface area is 122 Å². The second-order valence-corrected chi connectivity index (χ2v) is 5.12. The summed E-state index contributed by atoms with van der Waals surface area (Å²) >= 11 is 7.38. The van der Waals surface area contributed by atoms with Crippen LogP contribution in [0.4, 0.5) is 14.5 Å². The number of carbonyl (C=O) groups is 1. The molecule has 0 radical (unpaired) electrons. The maximum atomic E-state index is 13.0. The van der Waals surface area contributed by atoms with Crippen molar-refractivity contribution in [1.82, 2.24) is 0 Å². The van der Waals surface area contributed by atoms with Crippen molar-refractivity contribution in [3.63, 3.8) is 0 Å². The molecule has 0 bridgehead atoms. The third-order valence-electron chi connectivity index (χ3n) is 2.37. The number of halogens is 3. The standard InChI is InChI=1S/C13H8BrF2NOS/c14-10-3-2-8(19)6-9(10)13(18)17-7-1-4-11(15)12(16)5-7/h1-6,19H,(H,17,18). The van der Waals surface area contributed by atoms with Crippen LogP contribution >= 0.6 is 28.6 Å². The molecule has 98 valence electrons. The minimum Gasteiger partial charge on any atom is -0.322 e. The first-order chi connectivity index (χ1) is 8.97. The van der Waals surface area contributed by atoms with E-state index in [-0.39, 0.29) is 5.69 Å². The van der Waals surface area contributed by atoms with Crippen LogP contribution in [0.15, 0.2) is 45.8 Å². The van der Waals surface area contributed by atoms with Crippen LogP contribution in [0.1, 0.15) is 10.4 Å². The van der Waals surface area contributed by atoms with E-state index in [0.29, 0.717) is 14.9 Å². The number of anilines is 1. The van der Waals surface area contributed by atoms with Gasteiger partial charge in [-0.2, -0.15) is 0 Å². The summed E-state index contributed by atoms with van der Waals surface area (Å²) in [5.74, 6) is -2.41. The van der Waals surface area contributed by atoms with E-state index in [2.05, 4.69) is 33.9 Å². The van der Waals surface area contributed by atoms with Gasteiger partial charge in [0, 0.05) is 21.1 Å². The highest BCUT2D eigenvalue weighted by atomic mass is 79.9. The van der Waals surface area contributed by atoms with Crippen molar-refractivity contribution < 1.29 is 13.6 Å². The minimum atomic E-state index is -1.01. The number of hydrogen-bond donors (Lipinski definition) is 2. The van der Waals surface area contributed by atoms with Gasteiger partial charge in [0.1, 0.15) is 0 Å². The van der Waals surface area contributed by atoms with Gasteiger partial charge in [-0.1, -0.05) is 0 Å². The molecule has 19 heavy (non-hydrogen) atoms. The van der Waals surface area contributed by atoms with Crippen LogP contribution in [0.5, 0.6) is 0 Å². The van der Waals surface area contributed by atoms with Crippen LogP contribution in [0, 0.1) is 11.6 Å². The Morgan fingerprint density at radius 3 is 2.53 bits per heavy atom. The van der Waals surface area contributed by atoms with Gasteiger partial charge >= 0.3 is 0 Å². The number of hydrogen-bond acceptors (Lipinski definition) is 2. The van der Waals surface area contributed by atoms with Crippen molar-refractivity contribution in [1.29, 1.82) is 0 Å². The molecule has 0 fully saturated rings. The van der Waals surface area contributed by atoms with Crippen LogP contribution in [-0.4, -0.2) is 5.91 Å². The number of carbonyl (C=O) groups excluding carboxylic acids is 1. The molecule has 1 N–H and O–H groups in total. The Balaban J connectivity index is 2.25. The van der Waals surface area contributed by atoms with Crippen molar-refractivity contribution in [2.24, 2.45) is 0 Å². The summed E-state index contributed by atoms with van der Waals surface area (Å²) in [5, 5.41) is 2.48. The topological polar surface area (TPSA) is 29.1 Å². The first-order valence-electron chi connectivity index (χ1n) is 5.22. The van der Waals surface area contributed by atoms with Gasteiger partial charge in [0.2, 0.25) is 0 Å². The Hall–Kier alpha value is -1.40. The largest absolute Gasteiger partial charge is 0.322 e. The predicted molar refractivity (Wildman–Crippen MR) is 75.7 cm³/mol. The lowest BCUT2D eigenvalue weighted by Crippen LogP contribution is -2.13. The van der Waals surface area contributed by atoms with Crippen LogP contribution in [0.3, 0.4) is 0 Å². The van der Waals surface area contributed by atoms with E-state index in [1.807, 2.05) is 0 Å². The molecule has 0 aromatic heterocycles. The van der Waals surface area contributed by atoms with Crippen molar-refractivity contribution in [2.75, 3.05) is 5.32 Å². The van der Waals surface area contributed by atoms with Crippen molar-refractivity contribution in [3.05, 3.63) is 58.1 Å². The highest BCUT2D eigenvalue weighted by Gasteiger charge is 2.12. The second kappa shape index (κ2) is 5.71. The third kappa shape index (κ3) is 3.33. The van der Waals surface area contributed by atoms with Gasteiger partial charge in [0.25, 0.3) is 5.91 Å². The molecular formula is C13H8BrF2NOS. The van der Waals surface area contributed by atoms with E-state index >= 15 is 0 Å². The number of thiol groups is 1. The zero-order valence-corrected chi connectivity index (χ0v) is 11.9. The predicted octanol–water partition coefficient (Wildman–Crippen LogP) is 4.27. The maximum absolute atomic E-state index is 13.0. The number of nitrogens with one attached hydrogen (secondary N) is 1. The zero-order valence-electron chi connectivity index (χ0n) is 9.45. The first-order valence-corrected chi connectivity index (χ1v) is 6.46. The highest BCUT2D eigenvalue weighted by Crippen LogP contribution is 2.22. The van der Waals surface area contributed by atoms with E-state index in [0.717, 1.165) is 12.1 Å². The monoisotopic (exact) mass is 343 g/mol. The first kappa shape index (κ1) is 14.0. The van der Waals surface area contributed by atoms with E-state index in [4.69, 9.17) is 0 Å². The molecule has 0 aliphatic heterocycles. The molecule has 2 aromatic rings. The number of benzene rings is 2. The van der Waals surface area contributed by atoms with E-state index in [1.165, 1.54) is 6.07 Å². The van der Waals surface area contributed by atoms with Gasteiger partial charge in [-0.05, 0) is 46.3 Å². The molecule has 0 saturated heterocycles. The fraction of sp³-hybridized carbons (Fsp3) is 0. The molecule has 0 unspecified atom stereocenters. The average Bonchev–Trinajstić information content (AvgIpc) is 2.36. The summed E-state index contributed by atoms with van der Waals surface area (Å²) in [6, 6.07) is 8.14. The van der Waals surface area contributed by atoms with Gasteiger partial charge < -0.3 is 5.32 Å². The lowest BCUT2D eigenvalue weighted by molar-refractivity contribution is 0.102. The molecule has 0 heterocycles. The van der Waals surface area contributed by atoms with Crippen LogP contribution in [-0.2, 0) is 0 Å². The zero-order chi connectivity index (χ0) is 14.0. The third-order valence-corrected chi connectivity index (χ3v) is 3.34. The van der Waals surface area contributed by atoms with Crippen molar-refractivity contribution >= 4 is 40.2 Å². The van der Waals surface area contributed by atoms with Crippen molar-refractivity contribution in [2.45, 2.75) is 4.90 Å². The van der Waals surface area contributed by atoms with Gasteiger partial charge in [-0.15, -0.1) is 12.6 Å². The highest BCUT2D eigenvalue weighted by molar-refractivity contribution is 9.10. The lowest BCUT2D eigenvalue weighted by Gasteiger charge is -2.08. The second-order valence-electron chi connectivity index (χ2n) is 3.75. The average molecular weight is 344 g/mol. The van der Waals surface area contributed by atoms with Crippen LogP contribution < -0.4 is 5.32 Å². The van der Waals surface area contributed by atoms with Crippen LogP contribution in [0.25, 0.3) is 0 Å². The van der Waals surface area contributed by atoms with Crippen molar-refractivity contribution in [3.8, 4) is 0 Å². The number of amides is 1. The Bertz CT molecular complexity index is 649. The summed E-state index contributed by atoms with van der Waals surface area (Å²) in [6.07, 6.45) is 0. The summed E-state index contributed by atoms with van der Waals surface area (Å²) in [7, 11) is 0. The summed E-state index contributed by atoms with van der Waals surface area (Å²) < 4.78 is 26.4. The molecule has 6 heteroatoms. The normalized spacial score (nSPS) is 10.3. The molecule has 2 aromatic carbocycles.